The van der Waals surface area contributed by atoms with E-state index in [-0.39, 0.29) is 18.2 Å². The van der Waals surface area contributed by atoms with Crippen LogP contribution in [0.4, 0.5) is 13.2 Å². The van der Waals surface area contributed by atoms with Crippen molar-refractivity contribution >= 4 is 22.6 Å². The van der Waals surface area contributed by atoms with E-state index in [1.165, 1.54) is 0 Å². The molecule has 5 nitrogen and oxygen atoms in total. The summed E-state index contributed by atoms with van der Waals surface area (Å²) in [6, 6.07) is 7.94. The molecule has 2 aliphatic rings. The average molecular weight is 407 g/mol. The quantitative estimate of drug-likeness (QED) is 0.820. The summed E-state index contributed by atoms with van der Waals surface area (Å²) in [6.45, 7) is 0.523. The second kappa shape index (κ2) is 7.82. The number of aryl methyl sites for hydroxylation is 1. The van der Waals surface area contributed by atoms with Gasteiger partial charge in [0.2, 0.25) is 5.91 Å². The SMILES string of the molecule is O=C(CCCn1c2c(c3ccccc31)C(=O)CN1CCCCC21)NCC(F)(F)F. The molecule has 0 aliphatic carbocycles. The van der Waals surface area contributed by atoms with Gasteiger partial charge < -0.3 is 9.88 Å². The first-order valence-corrected chi connectivity index (χ1v) is 10.1. The van der Waals surface area contributed by atoms with Gasteiger partial charge in [0.15, 0.2) is 5.78 Å². The predicted octanol–water partition coefficient (Wildman–Crippen LogP) is 3.82. The lowest BCUT2D eigenvalue weighted by Gasteiger charge is -2.39. The van der Waals surface area contributed by atoms with Crippen LogP contribution in [-0.2, 0) is 11.3 Å². The summed E-state index contributed by atoms with van der Waals surface area (Å²) in [4.78, 5) is 26.9. The van der Waals surface area contributed by atoms with Crippen molar-refractivity contribution in [3.8, 4) is 0 Å². The Balaban J connectivity index is 1.58. The van der Waals surface area contributed by atoms with Crippen LogP contribution in [0, 0.1) is 0 Å². The molecule has 2 aliphatic heterocycles. The average Bonchev–Trinajstić information content (AvgIpc) is 3.01. The Morgan fingerprint density at radius 1 is 1.21 bits per heavy atom. The zero-order chi connectivity index (χ0) is 20.6. The number of amides is 1. The molecule has 8 heteroatoms. The topological polar surface area (TPSA) is 54.3 Å². The van der Waals surface area contributed by atoms with Crippen molar-refractivity contribution in [1.29, 1.82) is 0 Å². The maximum atomic E-state index is 12.9. The number of fused-ring (bicyclic) bond motifs is 5. The zero-order valence-electron chi connectivity index (χ0n) is 16.1. The molecule has 4 rings (SSSR count). The molecule has 0 saturated carbocycles. The fourth-order valence-corrected chi connectivity index (χ4v) is 4.64. The molecule has 0 radical (unpaired) electrons. The van der Waals surface area contributed by atoms with Crippen LogP contribution in [0.25, 0.3) is 10.9 Å². The second-order valence-corrected chi connectivity index (χ2v) is 7.83. The van der Waals surface area contributed by atoms with Gasteiger partial charge in [-0.3, -0.25) is 14.5 Å². The molecule has 2 aromatic rings. The van der Waals surface area contributed by atoms with Crippen molar-refractivity contribution in [2.24, 2.45) is 0 Å². The number of hydrogen-bond donors (Lipinski definition) is 1. The number of halogens is 3. The number of rotatable bonds is 5. The van der Waals surface area contributed by atoms with Gasteiger partial charge in [0.05, 0.1) is 12.6 Å². The maximum absolute atomic E-state index is 12.9. The van der Waals surface area contributed by atoms with E-state index >= 15 is 0 Å². The number of aromatic nitrogens is 1. The Kier molecular flexibility index (Phi) is 5.38. The maximum Gasteiger partial charge on any atom is 0.405 e. The van der Waals surface area contributed by atoms with E-state index in [4.69, 9.17) is 0 Å². The summed E-state index contributed by atoms with van der Waals surface area (Å²) in [5.41, 5.74) is 2.75. The van der Waals surface area contributed by atoms with Gasteiger partial charge in [0, 0.05) is 35.1 Å². The van der Waals surface area contributed by atoms with E-state index in [1.54, 1.807) is 0 Å². The highest BCUT2D eigenvalue weighted by atomic mass is 19.4. The zero-order valence-corrected chi connectivity index (χ0v) is 16.1. The van der Waals surface area contributed by atoms with E-state index in [9.17, 15) is 22.8 Å². The van der Waals surface area contributed by atoms with E-state index in [0.29, 0.717) is 19.5 Å². The monoisotopic (exact) mass is 407 g/mol. The van der Waals surface area contributed by atoms with Crippen LogP contribution in [0.5, 0.6) is 0 Å². The molecule has 1 saturated heterocycles. The predicted molar refractivity (Wildman–Crippen MR) is 103 cm³/mol. The van der Waals surface area contributed by atoms with Crippen molar-refractivity contribution in [3.63, 3.8) is 0 Å². The Morgan fingerprint density at radius 3 is 2.79 bits per heavy atom. The number of nitrogens with one attached hydrogen (secondary N) is 1. The smallest absolute Gasteiger partial charge is 0.347 e. The molecule has 0 spiro atoms. The van der Waals surface area contributed by atoms with Crippen LogP contribution in [-0.4, -0.2) is 47.0 Å². The molecule has 1 fully saturated rings. The number of carbonyl (C=O) groups is 2. The van der Waals surface area contributed by atoms with E-state index in [0.717, 1.165) is 48.0 Å². The third-order valence-corrected chi connectivity index (χ3v) is 5.84. The third kappa shape index (κ3) is 4.03. The molecule has 1 atom stereocenters. The van der Waals surface area contributed by atoms with Gasteiger partial charge in [-0.25, -0.2) is 0 Å². The molecule has 1 unspecified atom stereocenters. The summed E-state index contributed by atoms with van der Waals surface area (Å²) in [5.74, 6) is -0.487. The fourth-order valence-electron chi connectivity index (χ4n) is 4.64. The third-order valence-electron chi connectivity index (χ3n) is 5.84. The van der Waals surface area contributed by atoms with Crippen LogP contribution in [0.1, 0.15) is 54.2 Å². The summed E-state index contributed by atoms with van der Waals surface area (Å²) in [5, 5.41) is 2.85. The van der Waals surface area contributed by atoms with Crippen molar-refractivity contribution in [2.45, 2.75) is 50.9 Å². The fraction of sp³-hybridized carbons (Fsp3) is 0.524. The van der Waals surface area contributed by atoms with Gasteiger partial charge >= 0.3 is 6.18 Å². The van der Waals surface area contributed by atoms with Crippen molar-refractivity contribution in [3.05, 3.63) is 35.5 Å². The van der Waals surface area contributed by atoms with Crippen molar-refractivity contribution in [2.75, 3.05) is 19.6 Å². The molecular weight excluding hydrogens is 383 g/mol. The molecule has 1 N–H and O–H groups in total. The van der Waals surface area contributed by atoms with Crippen LogP contribution >= 0.6 is 0 Å². The number of Topliss-reactive ketones (excluding diaryl/α,β-unsaturated/α-hetero) is 1. The number of hydrogen-bond acceptors (Lipinski definition) is 3. The number of piperidine rings is 1. The van der Waals surface area contributed by atoms with E-state index in [1.807, 2.05) is 29.6 Å². The minimum absolute atomic E-state index is 0.0136. The Labute approximate surface area is 166 Å². The lowest BCUT2D eigenvalue weighted by molar-refractivity contribution is -0.138. The molecule has 156 valence electrons. The lowest BCUT2D eigenvalue weighted by Crippen LogP contribution is -2.42. The minimum Gasteiger partial charge on any atom is -0.347 e. The lowest BCUT2D eigenvalue weighted by atomic mass is 9.90. The van der Waals surface area contributed by atoms with Gasteiger partial charge in [-0.1, -0.05) is 24.6 Å². The molecule has 1 aromatic carbocycles. The van der Waals surface area contributed by atoms with Crippen LogP contribution in [0.3, 0.4) is 0 Å². The van der Waals surface area contributed by atoms with Crippen LogP contribution < -0.4 is 5.32 Å². The van der Waals surface area contributed by atoms with Crippen LogP contribution in [0.2, 0.25) is 0 Å². The Bertz CT molecular complexity index is 935. The van der Waals surface area contributed by atoms with Gasteiger partial charge in [0.25, 0.3) is 0 Å². The van der Waals surface area contributed by atoms with Gasteiger partial charge in [-0.2, -0.15) is 13.2 Å². The molecule has 29 heavy (non-hydrogen) atoms. The highest BCUT2D eigenvalue weighted by molar-refractivity contribution is 6.11. The highest BCUT2D eigenvalue weighted by Gasteiger charge is 2.38. The van der Waals surface area contributed by atoms with Crippen LogP contribution in [0.15, 0.2) is 24.3 Å². The first-order valence-electron chi connectivity index (χ1n) is 10.1. The number of para-hydroxylation sites is 1. The number of carbonyl (C=O) groups excluding carboxylic acids is 2. The Hall–Kier alpha value is -2.35. The van der Waals surface area contributed by atoms with E-state index < -0.39 is 18.6 Å². The first-order chi connectivity index (χ1) is 13.8. The summed E-state index contributed by atoms with van der Waals surface area (Å²) < 4.78 is 38.9. The Morgan fingerprint density at radius 2 is 2.00 bits per heavy atom. The summed E-state index contributed by atoms with van der Waals surface area (Å²) in [6.07, 6.45) is -0.802. The summed E-state index contributed by atoms with van der Waals surface area (Å²) in [7, 11) is 0. The molecular formula is C21H24F3N3O2. The van der Waals surface area contributed by atoms with Gasteiger partial charge in [-0.05, 0) is 31.9 Å². The second-order valence-electron chi connectivity index (χ2n) is 7.83. The largest absolute Gasteiger partial charge is 0.405 e. The van der Waals surface area contributed by atoms with Crippen molar-refractivity contribution in [1.82, 2.24) is 14.8 Å². The molecule has 1 aromatic heterocycles. The number of nitrogens with zero attached hydrogens (tertiary/aromatic N) is 2. The first kappa shape index (κ1) is 19.9. The number of ketones is 1. The minimum atomic E-state index is -4.41. The van der Waals surface area contributed by atoms with E-state index in [2.05, 4.69) is 9.47 Å². The summed E-state index contributed by atoms with van der Waals surface area (Å²) >= 11 is 0. The normalized spacial score (nSPS) is 19.8. The van der Waals surface area contributed by atoms with Crippen molar-refractivity contribution < 1.29 is 22.8 Å². The molecule has 1 amide bonds. The van der Waals surface area contributed by atoms with Gasteiger partial charge in [0.1, 0.15) is 6.54 Å². The highest BCUT2D eigenvalue weighted by Crippen LogP contribution is 2.41. The number of benzene rings is 1. The molecule has 3 heterocycles. The number of alkyl halides is 3. The standard InChI is InChI=1S/C21H24F3N3O2/c22-21(23,24)13-25-18(29)9-5-11-27-15-7-2-1-6-14(15)19-17(28)12-26-10-4-3-8-16(26)20(19)27/h1-2,6-7,16H,3-5,8-13H2,(H,25,29). The van der Waals surface area contributed by atoms with Gasteiger partial charge in [-0.15, -0.1) is 0 Å². The molecule has 0 bridgehead atoms.